The highest BCUT2D eigenvalue weighted by Crippen LogP contribution is 2.40. The van der Waals surface area contributed by atoms with Crippen LogP contribution in [-0.4, -0.2) is 41.3 Å². The number of ether oxygens (including phenoxy) is 1. The first kappa shape index (κ1) is 19.0. The Morgan fingerprint density at radius 3 is 2.60 bits per heavy atom. The van der Waals surface area contributed by atoms with Crippen LogP contribution >= 0.6 is 0 Å². The van der Waals surface area contributed by atoms with Gasteiger partial charge in [-0.3, -0.25) is 0 Å². The van der Waals surface area contributed by atoms with Crippen LogP contribution in [0.2, 0.25) is 0 Å². The second-order valence-corrected chi connectivity index (χ2v) is 9.50. The van der Waals surface area contributed by atoms with E-state index in [9.17, 15) is 4.79 Å². The lowest BCUT2D eigenvalue weighted by molar-refractivity contribution is 0.0132. The third kappa shape index (κ3) is 4.90. The molecule has 4 nitrogen and oxygen atoms in total. The van der Waals surface area contributed by atoms with Crippen molar-refractivity contribution in [1.29, 1.82) is 0 Å². The summed E-state index contributed by atoms with van der Waals surface area (Å²) in [5, 5.41) is 3.98. The third-order valence-electron chi connectivity index (χ3n) is 6.25. The molecule has 2 aliphatic carbocycles. The largest absolute Gasteiger partial charge is 0.444 e. The molecule has 0 spiro atoms. The predicted molar refractivity (Wildman–Crippen MR) is 102 cm³/mol. The summed E-state index contributed by atoms with van der Waals surface area (Å²) in [6.45, 7) is 9.03. The van der Waals surface area contributed by atoms with Crippen molar-refractivity contribution in [3.8, 4) is 0 Å². The smallest absolute Gasteiger partial charge is 0.410 e. The summed E-state index contributed by atoms with van der Waals surface area (Å²) in [5.41, 5.74) is -0.407. The van der Waals surface area contributed by atoms with Gasteiger partial charge in [0.25, 0.3) is 0 Å². The van der Waals surface area contributed by atoms with Crippen LogP contribution in [0.1, 0.15) is 85.5 Å². The molecule has 1 heterocycles. The van der Waals surface area contributed by atoms with E-state index < -0.39 is 5.60 Å². The van der Waals surface area contributed by atoms with Crippen molar-refractivity contribution in [2.45, 2.75) is 109 Å². The number of rotatable bonds is 5. The Morgan fingerprint density at radius 2 is 1.88 bits per heavy atom. The van der Waals surface area contributed by atoms with Gasteiger partial charge in [0.05, 0.1) is 0 Å². The van der Waals surface area contributed by atoms with Gasteiger partial charge in [-0.2, -0.15) is 0 Å². The fraction of sp³-hybridized carbons (Fsp3) is 0.952. The Bertz CT molecular complexity index is 459. The molecule has 144 valence electrons. The van der Waals surface area contributed by atoms with Crippen molar-refractivity contribution in [2.75, 3.05) is 6.54 Å². The number of likely N-dealkylation sites (tertiary alicyclic amines) is 1. The highest BCUT2D eigenvalue weighted by molar-refractivity contribution is 5.69. The maximum atomic E-state index is 12.7. The van der Waals surface area contributed by atoms with Crippen LogP contribution in [0.4, 0.5) is 4.79 Å². The summed E-state index contributed by atoms with van der Waals surface area (Å²) in [5.74, 6) is 1.50. The third-order valence-corrected chi connectivity index (χ3v) is 6.25. The molecule has 1 N–H and O–H groups in total. The van der Waals surface area contributed by atoms with E-state index in [1.165, 1.54) is 44.9 Å². The van der Waals surface area contributed by atoms with Gasteiger partial charge in [0.15, 0.2) is 0 Å². The van der Waals surface area contributed by atoms with Crippen molar-refractivity contribution < 1.29 is 9.53 Å². The van der Waals surface area contributed by atoms with Crippen molar-refractivity contribution in [1.82, 2.24) is 10.2 Å². The fourth-order valence-electron chi connectivity index (χ4n) is 5.03. The summed E-state index contributed by atoms with van der Waals surface area (Å²) >= 11 is 0. The lowest BCUT2D eigenvalue weighted by Crippen LogP contribution is -2.51. The molecular formula is C21H38N2O2. The van der Waals surface area contributed by atoms with E-state index in [2.05, 4.69) is 12.2 Å². The minimum Gasteiger partial charge on any atom is -0.444 e. The number of nitrogens with one attached hydrogen (secondary N) is 1. The van der Waals surface area contributed by atoms with Gasteiger partial charge in [-0.1, -0.05) is 26.2 Å². The highest BCUT2D eigenvalue weighted by atomic mass is 16.6. The topological polar surface area (TPSA) is 41.6 Å². The van der Waals surface area contributed by atoms with Gasteiger partial charge in [0.2, 0.25) is 0 Å². The van der Waals surface area contributed by atoms with Crippen LogP contribution < -0.4 is 5.32 Å². The molecule has 25 heavy (non-hydrogen) atoms. The van der Waals surface area contributed by atoms with Crippen LogP contribution in [-0.2, 0) is 4.74 Å². The summed E-state index contributed by atoms with van der Waals surface area (Å²) in [6.07, 6.45) is 11.4. The normalized spacial score (nSPS) is 35.7. The second-order valence-electron chi connectivity index (χ2n) is 9.50. The van der Waals surface area contributed by atoms with E-state index in [4.69, 9.17) is 4.74 Å². The Labute approximate surface area is 154 Å². The van der Waals surface area contributed by atoms with Gasteiger partial charge in [-0.05, 0) is 71.1 Å². The molecule has 1 saturated heterocycles. The number of nitrogens with zero attached hydrogens (tertiary/aromatic N) is 1. The lowest BCUT2D eigenvalue weighted by atomic mass is 9.78. The van der Waals surface area contributed by atoms with Crippen LogP contribution in [0.25, 0.3) is 0 Å². The quantitative estimate of drug-likeness (QED) is 0.780. The van der Waals surface area contributed by atoms with E-state index in [0.29, 0.717) is 18.0 Å². The Morgan fingerprint density at radius 1 is 1.12 bits per heavy atom. The number of carbonyl (C=O) groups excluding carboxylic acids is 1. The highest BCUT2D eigenvalue weighted by Gasteiger charge is 2.44. The zero-order valence-electron chi connectivity index (χ0n) is 16.7. The second kappa shape index (κ2) is 7.85. The maximum absolute atomic E-state index is 12.7. The molecule has 2 saturated carbocycles. The first-order chi connectivity index (χ1) is 11.9. The molecule has 0 bridgehead atoms. The van der Waals surface area contributed by atoms with Gasteiger partial charge in [0.1, 0.15) is 5.60 Å². The van der Waals surface area contributed by atoms with Crippen molar-refractivity contribution in [2.24, 2.45) is 11.8 Å². The summed E-state index contributed by atoms with van der Waals surface area (Å²) < 4.78 is 5.69. The SMILES string of the molecule is CCCC1CC1NC1CCCCC1C1CCCN1C(=O)OC(C)(C)C. The van der Waals surface area contributed by atoms with Crippen LogP contribution in [0.5, 0.6) is 0 Å². The van der Waals surface area contributed by atoms with E-state index in [-0.39, 0.29) is 6.09 Å². The number of hydrogen-bond donors (Lipinski definition) is 1. The van der Waals surface area contributed by atoms with E-state index in [0.717, 1.165) is 31.3 Å². The first-order valence-electron chi connectivity index (χ1n) is 10.6. The van der Waals surface area contributed by atoms with E-state index >= 15 is 0 Å². The molecule has 0 aromatic carbocycles. The monoisotopic (exact) mass is 350 g/mol. The lowest BCUT2D eigenvalue weighted by Gasteiger charge is -2.40. The molecule has 5 unspecified atom stereocenters. The predicted octanol–water partition coefficient (Wildman–Crippen LogP) is 4.72. The Balaban J connectivity index is 1.61. The average molecular weight is 351 g/mol. The molecular weight excluding hydrogens is 312 g/mol. The molecule has 1 aliphatic heterocycles. The maximum Gasteiger partial charge on any atom is 0.410 e. The zero-order chi connectivity index (χ0) is 18.0. The standard InChI is InChI=1S/C21H38N2O2/c1-5-9-15-14-18(15)22-17-11-7-6-10-16(17)19-12-8-13-23(19)20(24)25-21(2,3)4/h15-19,22H,5-14H2,1-4H3. The molecule has 0 radical (unpaired) electrons. The average Bonchev–Trinajstić information content (AvgIpc) is 3.08. The van der Waals surface area contributed by atoms with E-state index in [1.807, 2.05) is 25.7 Å². The van der Waals surface area contributed by atoms with Crippen molar-refractivity contribution >= 4 is 6.09 Å². The van der Waals surface area contributed by atoms with Gasteiger partial charge in [0, 0.05) is 24.7 Å². The van der Waals surface area contributed by atoms with Crippen molar-refractivity contribution in [3.05, 3.63) is 0 Å². The molecule has 3 fully saturated rings. The number of hydrogen-bond acceptors (Lipinski definition) is 3. The minimum absolute atomic E-state index is 0.102. The molecule has 4 heteroatoms. The minimum atomic E-state index is -0.407. The molecule has 3 rings (SSSR count). The summed E-state index contributed by atoms with van der Waals surface area (Å²) in [4.78, 5) is 14.7. The molecule has 0 aromatic heterocycles. The fourth-order valence-corrected chi connectivity index (χ4v) is 5.03. The van der Waals surface area contributed by atoms with Gasteiger partial charge < -0.3 is 15.0 Å². The Hall–Kier alpha value is -0.770. The molecule has 0 aromatic rings. The van der Waals surface area contributed by atoms with Crippen LogP contribution in [0.3, 0.4) is 0 Å². The first-order valence-corrected chi connectivity index (χ1v) is 10.6. The summed E-state index contributed by atoms with van der Waals surface area (Å²) in [6, 6.07) is 1.70. The number of carbonyl (C=O) groups is 1. The molecule has 3 aliphatic rings. The van der Waals surface area contributed by atoms with E-state index in [1.54, 1.807) is 0 Å². The van der Waals surface area contributed by atoms with Gasteiger partial charge in [-0.15, -0.1) is 0 Å². The molecule has 1 amide bonds. The Kier molecular flexibility index (Phi) is 5.97. The number of amides is 1. The van der Waals surface area contributed by atoms with Crippen LogP contribution in [0, 0.1) is 11.8 Å². The van der Waals surface area contributed by atoms with Crippen molar-refractivity contribution in [3.63, 3.8) is 0 Å². The van der Waals surface area contributed by atoms with Gasteiger partial charge in [-0.25, -0.2) is 4.79 Å². The zero-order valence-corrected chi connectivity index (χ0v) is 16.7. The summed E-state index contributed by atoms with van der Waals surface area (Å²) in [7, 11) is 0. The van der Waals surface area contributed by atoms with Gasteiger partial charge >= 0.3 is 6.09 Å². The molecule has 5 atom stereocenters. The van der Waals surface area contributed by atoms with Crippen LogP contribution in [0.15, 0.2) is 0 Å².